The Balaban J connectivity index is 0. The van der Waals surface area contributed by atoms with Crippen molar-refractivity contribution in [3.05, 3.63) is 12.1 Å². The summed E-state index contributed by atoms with van der Waals surface area (Å²) in [6, 6.07) is 0. The van der Waals surface area contributed by atoms with Gasteiger partial charge in [-0.1, -0.05) is 26.7 Å². The lowest BCUT2D eigenvalue weighted by atomic mass is 10.4. The van der Waals surface area contributed by atoms with Crippen molar-refractivity contribution < 1.29 is 23.4 Å². The molecule has 0 aliphatic carbocycles. The second-order valence-electron chi connectivity index (χ2n) is 4.05. The Morgan fingerprint density at radius 1 is 1.09 bits per heavy atom. The zero-order chi connectivity index (χ0) is 17.2. The van der Waals surface area contributed by atoms with E-state index in [1.807, 2.05) is 20.8 Å². The molecule has 0 N–H and O–H groups in total. The molecule has 1 aromatic rings. The number of oxazole rings is 1. The van der Waals surface area contributed by atoms with Gasteiger partial charge in [0.25, 0.3) is 0 Å². The summed E-state index contributed by atoms with van der Waals surface area (Å²) in [5.74, 6) is 0.192. The number of hydrogen-bond donors (Lipinski definition) is 0. The van der Waals surface area contributed by atoms with Crippen LogP contribution in [0.5, 0.6) is 5.95 Å². The molecule has 0 unspecified atom stereocenters. The van der Waals surface area contributed by atoms with Crippen LogP contribution >= 0.6 is 0 Å². The van der Waals surface area contributed by atoms with Gasteiger partial charge in [-0.25, -0.2) is 4.98 Å². The second-order valence-corrected chi connectivity index (χ2v) is 4.05. The standard InChI is InChI=1S/C6H7NO3.C6H14O2.C4H10/c1-2-9-6-5(3-8)7-4-10-6;1-4-7-6(3)8-5-2;1-3-4-2/h3-4H,2H2,1H3;6H,4-5H2,1-3H3;3-4H2,1-2H3. The molecule has 0 aromatic carbocycles. The van der Waals surface area contributed by atoms with Crippen molar-refractivity contribution >= 4 is 6.29 Å². The van der Waals surface area contributed by atoms with Gasteiger partial charge < -0.3 is 18.6 Å². The van der Waals surface area contributed by atoms with Crippen LogP contribution in [0.15, 0.2) is 10.8 Å². The van der Waals surface area contributed by atoms with Gasteiger partial charge in [0.05, 0.1) is 6.61 Å². The quantitative estimate of drug-likeness (QED) is 0.531. The maximum atomic E-state index is 10.2. The zero-order valence-electron chi connectivity index (χ0n) is 14.8. The van der Waals surface area contributed by atoms with Gasteiger partial charge in [-0.15, -0.1) is 0 Å². The summed E-state index contributed by atoms with van der Waals surface area (Å²) in [7, 11) is 0. The van der Waals surface area contributed by atoms with Crippen LogP contribution < -0.4 is 4.74 Å². The minimum atomic E-state index is -0.0370. The SMILES string of the molecule is CCCC.CCOC(C)OCC.CCOc1ocnc1C=O. The monoisotopic (exact) mass is 317 g/mol. The van der Waals surface area contributed by atoms with Gasteiger partial charge in [0.15, 0.2) is 24.7 Å². The molecule has 1 aromatic heterocycles. The number of unbranched alkanes of at least 4 members (excludes halogenated alkanes) is 1. The third-order valence-corrected chi connectivity index (χ3v) is 2.25. The zero-order valence-corrected chi connectivity index (χ0v) is 14.8. The van der Waals surface area contributed by atoms with Crippen LogP contribution in [0.1, 0.15) is 64.9 Å². The molecular formula is C16H31NO5. The molecule has 0 aliphatic heterocycles. The van der Waals surface area contributed by atoms with Crippen LogP contribution in [0, 0.1) is 0 Å². The van der Waals surface area contributed by atoms with Gasteiger partial charge in [0.2, 0.25) is 0 Å². The fourth-order valence-electron chi connectivity index (χ4n) is 1.08. The van der Waals surface area contributed by atoms with Crippen molar-refractivity contribution in [2.75, 3.05) is 19.8 Å². The van der Waals surface area contributed by atoms with Crippen molar-refractivity contribution in [2.24, 2.45) is 0 Å². The molecular weight excluding hydrogens is 286 g/mol. The third-order valence-electron chi connectivity index (χ3n) is 2.25. The lowest BCUT2D eigenvalue weighted by Gasteiger charge is -2.09. The fourth-order valence-corrected chi connectivity index (χ4v) is 1.08. The van der Waals surface area contributed by atoms with Crippen LogP contribution in [0.3, 0.4) is 0 Å². The highest BCUT2D eigenvalue weighted by Crippen LogP contribution is 2.13. The number of aldehydes is 1. The van der Waals surface area contributed by atoms with Crippen LogP contribution in [-0.4, -0.2) is 37.4 Å². The van der Waals surface area contributed by atoms with E-state index in [9.17, 15) is 4.79 Å². The Morgan fingerprint density at radius 3 is 2.00 bits per heavy atom. The number of rotatable bonds is 8. The molecule has 130 valence electrons. The summed E-state index contributed by atoms with van der Waals surface area (Å²) in [6.45, 7) is 13.9. The third kappa shape index (κ3) is 13.6. The normalized spacial score (nSPS) is 9.41. The maximum Gasteiger partial charge on any atom is 0.316 e. The number of carbonyl (C=O) groups is 1. The molecule has 0 amide bonds. The average molecular weight is 317 g/mol. The number of hydrogen-bond acceptors (Lipinski definition) is 6. The molecule has 0 saturated heterocycles. The van der Waals surface area contributed by atoms with E-state index in [0.717, 1.165) is 13.2 Å². The summed E-state index contributed by atoms with van der Waals surface area (Å²) in [6.07, 6.45) is 4.37. The Kier molecular flexibility index (Phi) is 18.4. The number of carbonyl (C=O) groups excluding carboxylic acids is 1. The molecule has 0 atom stereocenters. The predicted molar refractivity (Wildman–Crippen MR) is 86.4 cm³/mol. The van der Waals surface area contributed by atoms with E-state index in [4.69, 9.17) is 18.6 Å². The first-order valence-electron chi connectivity index (χ1n) is 7.85. The lowest BCUT2D eigenvalue weighted by molar-refractivity contribution is -0.123. The van der Waals surface area contributed by atoms with E-state index < -0.39 is 0 Å². The molecule has 1 rings (SSSR count). The lowest BCUT2D eigenvalue weighted by Crippen LogP contribution is -2.11. The largest absolute Gasteiger partial charge is 0.464 e. The first-order chi connectivity index (χ1) is 10.6. The van der Waals surface area contributed by atoms with Gasteiger partial charge in [-0.2, -0.15) is 0 Å². The van der Waals surface area contributed by atoms with Crippen molar-refractivity contribution in [1.82, 2.24) is 4.98 Å². The predicted octanol–water partition coefficient (Wildman–Crippen LogP) is 4.10. The topological polar surface area (TPSA) is 70.8 Å². The van der Waals surface area contributed by atoms with Crippen LogP contribution in [0.4, 0.5) is 0 Å². The summed E-state index contributed by atoms with van der Waals surface area (Å²) in [5, 5.41) is 0. The van der Waals surface area contributed by atoms with Gasteiger partial charge in [-0.3, -0.25) is 4.79 Å². The molecule has 0 radical (unpaired) electrons. The minimum Gasteiger partial charge on any atom is -0.464 e. The second kappa shape index (κ2) is 17.7. The maximum absolute atomic E-state index is 10.2. The molecule has 0 saturated carbocycles. The van der Waals surface area contributed by atoms with Crippen LogP contribution in [0.25, 0.3) is 0 Å². The molecule has 0 aliphatic rings. The molecule has 6 nitrogen and oxygen atoms in total. The Bertz CT molecular complexity index is 333. The Morgan fingerprint density at radius 2 is 1.64 bits per heavy atom. The molecule has 1 heterocycles. The van der Waals surface area contributed by atoms with Crippen molar-refractivity contribution in [1.29, 1.82) is 0 Å². The van der Waals surface area contributed by atoms with E-state index in [2.05, 4.69) is 18.8 Å². The molecule has 0 fully saturated rings. The number of ether oxygens (including phenoxy) is 3. The van der Waals surface area contributed by atoms with Gasteiger partial charge in [-0.05, 0) is 27.7 Å². The average Bonchev–Trinajstić information content (AvgIpc) is 2.96. The van der Waals surface area contributed by atoms with E-state index in [-0.39, 0.29) is 17.9 Å². The fraction of sp³-hybridized carbons (Fsp3) is 0.750. The van der Waals surface area contributed by atoms with Gasteiger partial charge in [0.1, 0.15) is 0 Å². The molecule has 0 bridgehead atoms. The summed E-state index contributed by atoms with van der Waals surface area (Å²) in [4.78, 5) is 13.8. The van der Waals surface area contributed by atoms with E-state index in [1.54, 1.807) is 6.92 Å². The van der Waals surface area contributed by atoms with Crippen molar-refractivity contribution in [2.45, 2.75) is 60.7 Å². The minimum absolute atomic E-state index is 0.0370. The Hall–Kier alpha value is -1.40. The van der Waals surface area contributed by atoms with E-state index in [1.165, 1.54) is 19.2 Å². The highest BCUT2D eigenvalue weighted by atomic mass is 16.7. The highest BCUT2D eigenvalue weighted by Gasteiger charge is 2.05. The summed E-state index contributed by atoms with van der Waals surface area (Å²) < 4.78 is 19.8. The van der Waals surface area contributed by atoms with Crippen LogP contribution in [-0.2, 0) is 9.47 Å². The summed E-state index contributed by atoms with van der Waals surface area (Å²) in [5.41, 5.74) is 0.210. The van der Waals surface area contributed by atoms with Crippen LogP contribution in [0.2, 0.25) is 0 Å². The van der Waals surface area contributed by atoms with E-state index >= 15 is 0 Å². The molecule has 6 heteroatoms. The molecule has 0 spiro atoms. The highest BCUT2D eigenvalue weighted by molar-refractivity contribution is 5.74. The molecule has 22 heavy (non-hydrogen) atoms. The van der Waals surface area contributed by atoms with Gasteiger partial charge >= 0.3 is 5.95 Å². The van der Waals surface area contributed by atoms with Gasteiger partial charge in [0, 0.05) is 13.2 Å². The van der Waals surface area contributed by atoms with Crippen molar-refractivity contribution in [3.8, 4) is 5.95 Å². The van der Waals surface area contributed by atoms with E-state index in [0.29, 0.717) is 12.9 Å². The first kappa shape index (κ1) is 22.9. The van der Waals surface area contributed by atoms with Crippen molar-refractivity contribution in [3.63, 3.8) is 0 Å². The number of aromatic nitrogens is 1. The Labute approximate surface area is 134 Å². The smallest absolute Gasteiger partial charge is 0.316 e. The summed E-state index contributed by atoms with van der Waals surface area (Å²) >= 11 is 0. The number of nitrogens with zero attached hydrogens (tertiary/aromatic N) is 1. The first-order valence-corrected chi connectivity index (χ1v) is 7.85.